The summed E-state index contributed by atoms with van der Waals surface area (Å²) in [5.74, 6) is 0. The lowest BCUT2D eigenvalue weighted by Crippen LogP contribution is -2.19. The van der Waals surface area contributed by atoms with Crippen molar-refractivity contribution in [3.05, 3.63) is 53.1 Å². The second-order valence-corrected chi connectivity index (χ2v) is 6.12. The van der Waals surface area contributed by atoms with Gasteiger partial charge in [0.2, 0.25) is 0 Å². The summed E-state index contributed by atoms with van der Waals surface area (Å²) in [6, 6.07) is 8.22. The molecule has 1 aromatic carbocycles. The van der Waals surface area contributed by atoms with E-state index in [1.54, 1.807) is 0 Å². The van der Waals surface area contributed by atoms with Crippen molar-refractivity contribution < 1.29 is 5.11 Å². The van der Waals surface area contributed by atoms with Crippen LogP contribution in [0.3, 0.4) is 0 Å². The molecule has 0 radical (unpaired) electrons. The Bertz CT molecular complexity index is 501. The molecule has 1 N–H and O–H groups in total. The van der Waals surface area contributed by atoms with Gasteiger partial charge in [0.05, 0.1) is 6.10 Å². The summed E-state index contributed by atoms with van der Waals surface area (Å²) in [4.78, 5) is 0. The van der Waals surface area contributed by atoms with Crippen molar-refractivity contribution in [2.24, 2.45) is 5.41 Å². The van der Waals surface area contributed by atoms with Crippen LogP contribution in [-0.2, 0) is 0 Å². The van der Waals surface area contributed by atoms with Gasteiger partial charge in [-0.1, -0.05) is 57.2 Å². The molecule has 0 bridgehead atoms. The van der Waals surface area contributed by atoms with Gasteiger partial charge in [-0.3, -0.25) is 0 Å². The highest BCUT2D eigenvalue weighted by molar-refractivity contribution is 5.76. The summed E-state index contributed by atoms with van der Waals surface area (Å²) in [7, 11) is 0. The third kappa shape index (κ3) is 2.41. The predicted molar refractivity (Wildman–Crippen MR) is 77.2 cm³/mol. The Morgan fingerprint density at radius 1 is 1.17 bits per heavy atom. The minimum absolute atomic E-state index is 0.142. The highest BCUT2D eigenvalue weighted by Gasteiger charge is 2.26. The molecule has 0 heterocycles. The molecule has 1 nitrogen and oxygen atoms in total. The van der Waals surface area contributed by atoms with E-state index in [1.807, 2.05) is 18.2 Å². The van der Waals surface area contributed by atoms with E-state index in [2.05, 4.69) is 45.9 Å². The third-order valence-corrected chi connectivity index (χ3v) is 3.57. The molecule has 2 rings (SSSR count). The standard InChI is InChI=1S/C17H22O/c1-12-8-7-11-13(12)14-9-5-6-10-15(14)16(18)17(2,3)4/h5-10,16,18H,11H2,1-4H3. The van der Waals surface area contributed by atoms with Crippen LogP contribution in [0.4, 0.5) is 0 Å². The zero-order valence-corrected chi connectivity index (χ0v) is 11.7. The average molecular weight is 242 g/mol. The van der Waals surface area contributed by atoms with Gasteiger partial charge in [-0.25, -0.2) is 0 Å². The molecule has 1 unspecified atom stereocenters. The molecule has 18 heavy (non-hydrogen) atoms. The van der Waals surface area contributed by atoms with E-state index in [0.717, 1.165) is 12.0 Å². The minimum atomic E-state index is -0.436. The second kappa shape index (κ2) is 4.74. The zero-order chi connectivity index (χ0) is 13.3. The third-order valence-electron chi connectivity index (χ3n) is 3.57. The van der Waals surface area contributed by atoms with Crippen LogP contribution >= 0.6 is 0 Å². The fraction of sp³-hybridized carbons (Fsp3) is 0.412. The van der Waals surface area contributed by atoms with Crippen molar-refractivity contribution in [3.63, 3.8) is 0 Å². The van der Waals surface area contributed by atoms with Crippen LogP contribution in [0.2, 0.25) is 0 Å². The van der Waals surface area contributed by atoms with Crippen molar-refractivity contribution in [1.82, 2.24) is 0 Å². The van der Waals surface area contributed by atoms with E-state index in [-0.39, 0.29) is 5.41 Å². The van der Waals surface area contributed by atoms with E-state index in [9.17, 15) is 5.11 Å². The Hall–Kier alpha value is -1.34. The summed E-state index contributed by atoms with van der Waals surface area (Å²) in [6.07, 6.45) is 4.88. The van der Waals surface area contributed by atoms with Crippen LogP contribution in [0.15, 0.2) is 42.0 Å². The molecule has 0 amide bonds. The lowest BCUT2D eigenvalue weighted by molar-refractivity contribution is 0.0624. The first-order valence-electron chi connectivity index (χ1n) is 6.55. The van der Waals surface area contributed by atoms with Gasteiger partial charge < -0.3 is 5.11 Å². The van der Waals surface area contributed by atoms with Gasteiger partial charge in [-0.05, 0) is 41.0 Å². The average Bonchev–Trinajstić information content (AvgIpc) is 2.73. The molecule has 1 aliphatic rings. The monoisotopic (exact) mass is 242 g/mol. The van der Waals surface area contributed by atoms with Gasteiger partial charge in [0.15, 0.2) is 0 Å². The molecule has 1 aromatic rings. The summed E-state index contributed by atoms with van der Waals surface area (Å²) in [6.45, 7) is 8.35. The molecule has 1 heteroatoms. The quantitative estimate of drug-likeness (QED) is 0.809. The van der Waals surface area contributed by atoms with Crippen LogP contribution in [-0.4, -0.2) is 5.11 Å². The molecular formula is C17H22O. The number of hydrogen-bond acceptors (Lipinski definition) is 1. The number of aliphatic hydroxyl groups is 1. The zero-order valence-electron chi connectivity index (χ0n) is 11.7. The summed E-state index contributed by atoms with van der Waals surface area (Å²) in [5.41, 5.74) is 4.75. The van der Waals surface area contributed by atoms with Gasteiger partial charge in [0.1, 0.15) is 0 Å². The van der Waals surface area contributed by atoms with Crippen molar-refractivity contribution in [2.75, 3.05) is 0 Å². The summed E-state index contributed by atoms with van der Waals surface area (Å²) in [5, 5.41) is 10.5. The lowest BCUT2D eigenvalue weighted by atomic mass is 9.81. The van der Waals surface area contributed by atoms with Crippen molar-refractivity contribution >= 4 is 5.57 Å². The molecule has 0 aliphatic heterocycles. The number of rotatable bonds is 2. The molecule has 1 aliphatic carbocycles. The van der Waals surface area contributed by atoms with Gasteiger partial charge >= 0.3 is 0 Å². The fourth-order valence-electron chi connectivity index (χ4n) is 2.41. The van der Waals surface area contributed by atoms with Crippen molar-refractivity contribution in [3.8, 4) is 0 Å². The fourth-order valence-corrected chi connectivity index (χ4v) is 2.41. The van der Waals surface area contributed by atoms with Crippen LogP contribution < -0.4 is 0 Å². The van der Waals surface area contributed by atoms with Gasteiger partial charge in [0.25, 0.3) is 0 Å². The normalized spacial score (nSPS) is 17.4. The molecule has 0 saturated carbocycles. The molecule has 0 fully saturated rings. The molecule has 0 spiro atoms. The molecule has 96 valence electrons. The van der Waals surface area contributed by atoms with Crippen LogP contribution in [0.1, 0.15) is 51.3 Å². The Labute approximate surface area is 110 Å². The lowest BCUT2D eigenvalue weighted by Gasteiger charge is -2.28. The number of allylic oxidation sites excluding steroid dienone is 4. The molecule has 0 saturated heterocycles. The molecule has 0 aromatic heterocycles. The summed E-state index contributed by atoms with van der Waals surface area (Å²) >= 11 is 0. The van der Waals surface area contributed by atoms with E-state index in [0.29, 0.717) is 0 Å². The Morgan fingerprint density at radius 2 is 1.83 bits per heavy atom. The number of aliphatic hydroxyl groups excluding tert-OH is 1. The Morgan fingerprint density at radius 3 is 2.39 bits per heavy atom. The molecule has 1 atom stereocenters. The SMILES string of the molecule is CC1=C(c2ccccc2C(O)C(C)(C)C)CC=C1. The van der Waals surface area contributed by atoms with Crippen LogP contribution in [0, 0.1) is 5.41 Å². The van der Waals surface area contributed by atoms with Gasteiger partial charge in [0, 0.05) is 0 Å². The summed E-state index contributed by atoms with van der Waals surface area (Å²) < 4.78 is 0. The van der Waals surface area contributed by atoms with Crippen molar-refractivity contribution in [2.45, 2.75) is 40.2 Å². The Balaban J connectivity index is 2.48. The van der Waals surface area contributed by atoms with E-state index in [1.165, 1.54) is 16.7 Å². The van der Waals surface area contributed by atoms with Crippen LogP contribution in [0.5, 0.6) is 0 Å². The van der Waals surface area contributed by atoms with Gasteiger partial charge in [-0.15, -0.1) is 0 Å². The number of hydrogen-bond donors (Lipinski definition) is 1. The first-order chi connectivity index (χ1) is 8.41. The maximum absolute atomic E-state index is 10.5. The first-order valence-corrected chi connectivity index (χ1v) is 6.55. The maximum atomic E-state index is 10.5. The maximum Gasteiger partial charge on any atom is 0.0844 e. The molecular weight excluding hydrogens is 220 g/mol. The van der Waals surface area contributed by atoms with Gasteiger partial charge in [-0.2, -0.15) is 0 Å². The highest BCUT2D eigenvalue weighted by Crippen LogP contribution is 2.39. The van der Waals surface area contributed by atoms with E-state index < -0.39 is 6.10 Å². The van der Waals surface area contributed by atoms with Crippen molar-refractivity contribution in [1.29, 1.82) is 0 Å². The Kier molecular flexibility index (Phi) is 3.45. The number of benzene rings is 1. The second-order valence-electron chi connectivity index (χ2n) is 6.12. The topological polar surface area (TPSA) is 20.2 Å². The van der Waals surface area contributed by atoms with Crippen LogP contribution in [0.25, 0.3) is 5.57 Å². The van der Waals surface area contributed by atoms with E-state index >= 15 is 0 Å². The largest absolute Gasteiger partial charge is 0.388 e. The smallest absolute Gasteiger partial charge is 0.0844 e. The minimum Gasteiger partial charge on any atom is -0.388 e. The highest BCUT2D eigenvalue weighted by atomic mass is 16.3. The van der Waals surface area contributed by atoms with E-state index in [4.69, 9.17) is 0 Å². The predicted octanol–water partition coefficient (Wildman–Crippen LogP) is 4.50. The first kappa shape index (κ1) is 13.1.